The van der Waals surface area contributed by atoms with E-state index in [9.17, 15) is 0 Å². The molecule has 1 aliphatic rings. The minimum atomic E-state index is 0.728. The minimum Gasteiger partial charge on any atom is -0.497 e. The van der Waals surface area contributed by atoms with Crippen molar-refractivity contribution in [1.82, 2.24) is 9.47 Å². The summed E-state index contributed by atoms with van der Waals surface area (Å²) in [7, 11) is 1.71. The molecule has 0 unspecified atom stereocenters. The van der Waals surface area contributed by atoms with Gasteiger partial charge in [0.05, 0.1) is 18.3 Å². The van der Waals surface area contributed by atoms with Gasteiger partial charge in [-0.3, -0.25) is 4.90 Å². The number of ether oxygens (including phenoxy) is 2. The van der Waals surface area contributed by atoms with Gasteiger partial charge < -0.3 is 14.0 Å². The number of hydrogen-bond acceptors (Lipinski definition) is 4. The van der Waals surface area contributed by atoms with E-state index in [4.69, 9.17) is 9.47 Å². The molecule has 4 nitrogen and oxygen atoms in total. The van der Waals surface area contributed by atoms with Gasteiger partial charge in [-0.1, -0.05) is 30.3 Å². The monoisotopic (exact) mass is 444 g/mol. The smallest absolute Gasteiger partial charge is 0.119 e. The van der Waals surface area contributed by atoms with Crippen LogP contribution in [0.5, 0.6) is 11.5 Å². The Labute approximate surface area is 193 Å². The van der Waals surface area contributed by atoms with E-state index in [1.807, 2.05) is 23.9 Å². The fraction of sp³-hybridized carbons (Fsp3) is 0.259. The number of benzene rings is 3. The molecule has 0 bridgehead atoms. The molecule has 0 amide bonds. The molecule has 4 aromatic rings. The van der Waals surface area contributed by atoms with Crippen molar-refractivity contribution in [2.24, 2.45) is 0 Å². The molecule has 5 heteroatoms. The lowest BCUT2D eigenvalue weighted by Gasteiger charge is -2.25. The molecule has 164 valence electrons. The van der Waals surface area contributed by atoms with Crippen LogP contribution >= 0.6 is 11.8 Å². The van der Waals surface area contributed by atoms with Gasteiger partial charge in [0.15, 0.2) is 0 Å². The van der Waals surface area contributed by atoms with Crippen LogP contribution in [-0.2, 0) is 0 Å². The second kappa shape index (κ2) is 9.72. The number of methoxy groups -OCH3 is 1. The number of fused-ring (bicyclic) bond motifs is 1. The molecule has 0 spiro atoms. The molecule has 1 aliphatic heterocycles. The number of aromatic nitrogens is 1. The Morgan fingerprint density at radius 3 is 2.34 bits per heavy atom. The topological polar surface area (TPSA) is 26.6 Å². The Hall–Kier alpha value is -2.89. The number of thioether (sulfide) groups is 1. The molecule has 0 radical (unpaired) electrons. The van der Waals surface area contributed by atoms with Crippen LogP contribution in [0.2, 0.25) is 0 Å². The highest BCUT2D eigenvalue weighted by Gasteiger charge is 2.14. The van der Waals surface area contributed by atoms with E-state index in [-0.39, 0.29) is 0 Å². The van der Waals surface area contributed by atoms with E-state index in [0.29, 0.717) is 0 Å². The third-order valence-corrected chi connectivity index (χ3v) is 6.90. The molecule has 0 atom stereocenters. The van der Waals surface area contributed by atoms with E-state index < -0.39 is 0 Å². The van der Waals surface area contributed by atoms with E-state index >= 15 is 0 Å². The highest BCUT2D eigenvalue weighted by atomic mass is 32.2. The third kappa shape index (κ3) is 4.50. The molecule has 32 heavy (non-hydrogen) atoms. The predicted molar refractivity (Wildman–Crippen MR) is 135 cm³/mol. The maximum Gasteiger partial charge on any atom is 0.119 e. The number of nitrogens with zero attached hydrogens (tertiary/aromatic N) is 2. The Morgan fingerprint density at radius 2 is 1.59 bits per heavy atom. The van der Waals surface area contributed by atoms with Gasteiger partial charge in [0.1, 0.15) is 18.1 Å². The summed E-state index contributed by atoms with van der Waals surface area (Å²) in [6.45, 7) is 4.05. The fourth-order valence-electron chi connectivity index (χ4n) is 4.23. The summed E-state index contributed by atoms with van der Waals surface area (Å²) in [6.07, 6.45) is 0. The van der Waals surface area contributed by atoms with E-state index in [2.05, 4.69) is 76.2 Å². The highest BCUT2D eigenvalue weighted by molar-refractivity contribution is 7.99. The standard InChI is InChI=1S/C27H28N2O2S/c1-30-25-11-12-26-22(19-25)20-27(21-5-3-2-4-6-21)29(26)23-7-9-24(10-8-23)31-16-13-28-14-17-32-18-15-28/h2-12,19-20H,13-18H2,1H3. The van der Waals surface area contributed by atoms with Gasteiger partial charge in [0.25, 0.3) is 0 Å². The Kier molecular flexibility index (Phi) is 6.37. The first-order chi connectivity index (χ1) is 15.8. The normalized spacial score (nSPS) is 14.5. The van der Waals surface area contributed by atoms with Crippen molar-refractivity contribution in [1.29, 1.82) is 0 Å². The minimum absolute atomic E-state index is 0.728. The summed E-state index contributed by atoms with van der Waals surface area (Å²) in [5.41, 5.74) is 4.61. The Balaban J connectivity index is 1.41. The zero-order chi connectivity index (χ0) is 21.8. The summed E-state index contributed by atoms with van der Waals surface area (Å²) >= 11 is 2.04. The molecule has 1 aromatic heterocycles. The maximum absolute atomic E-state index is 6.04. The van der Waals surface area contributed by atoms with Gasteiger partial charge in [0, 0.05) is 42.2 Å². The zero-order valence-corrected chi connectivity index (χ0v) is 19.2. The highest BCUT2D eigenvalue weighted by Crippen LogP contribution is 2.33. The van der Waals surface area contributed by atoms with Gasteiger partial charge in [0.2, 0.25) is 0 Å². The van der Waals surface area contributed by atoms with E-state index in [1.54, 1.807) is 7.11 Å². The molecule has 0 saturated carbocycles. The molecule has 2 heterocycles. The van der Waals surface area contributed by atoms with Crippen molar-refractivity contribution in [2.45, 2.75) is 0 Å². The third-order valence-electron chi connectivity index (χ3n) is 5.95. The second-order valence-corrected chi connectivity index (χ2v) is 9.18. The van der Waals surface area contributed by atoms with Crippen LogP contribution in [0.4, 0.5) is 0 Å². The van der Waals surface area contributed by atoms with Crippen molar-refractivity contribution in [3.8, 4) is 28.4 Å². The van der Waals surface area contributed by atoms with Crippen LogP contribution in [-0.4, -0.2) is 54.3 Å². The van der Waals surface area contributed by atoms with Crippen molar-refractivity contribution in [3.63, 3.8) is 0 Å². The number of hydrogen-bond donors (Lipinski definition) is 0. The molecule has 5 rings (SSSR count). The van der Waals surface area contributed by atoms with Gasteiger partial charge in [-0.25, -0.2) is 0 Å². The maximum atomic E-state index is 6.04. The van der Waals surface area contributed by atoms with Crippen LogP contribution in [0.1, 0.15) is 0 Å². The fourth-order valence-corrected chi connectivity index (χ4v) is 5.21. The SMILES string of the molecule is COc1ccc2c(c1)cc(-c1ccccc1)n2-c1ccc(OCCN2CCSCC2)cc1. The summed E-state index contributed by atoms with van der Waals surface area (Å²) in [4.78, 5) is 2.48. The molecule has 1 saturated heterocycles. The first-order valence-corrected chi connectivity index (χ1v) is 12.3. The van der Waals surface area contributed by atoms with Gasteiger partial charge in [-0.05, 0) is 54.1 Å². The molecule has 1 fully saturated rings. The van der Waals surface area contributed by atoms with Crippen LogP contribution < -0.4 is 9.47 Å². The van der Waals surface area contributed by atoms with Crippen LogP contribution in [0.3, 0.4) is 0 Å². The quantitative estimate of drug-likeness (QED) is 0.363. The van der Waals surface area contributed by atoms with Crippen molar-refractivity contribution >= 4 is 22.7 Å². The van der Waals surface area contributed by atoms with Gasteiger partial charge >= 0.3 is 0 Å². The lowest BCUT2D eigenvalue weighted by molar-refractivity contribution is 0.222. The molecular formula is C27H28N2O2S. The summed E-state index contributed by atoms with van der Waals surface area (Å²) < 4.78 is 13.8. The largest absolute Gasteiger partial charge is 0.497 e. The van der Waals surface area contributed by atoms with Crippen molar-refractivity contribution in [3.05, 3.63) is 78.9 Å². The average Bonchev–Trinajstić information content (AvgIpc) is 3.24. The molecule has 3 aromatic carbocycles. The Morgan fingerprint density at radius 1 is 0.844 bits per heavy atom. The lowest BCUT2D eigenvalue weighted by atomic mass is 10.1. The Bertz CT molecular complexity index is 1170. The van der Waals surface area contributed by atoms with Gasteiger partial charge in [-0.15, -0.1) is 0 Å². The molecule has 0 N–H and O–H groups in total. The van der Waals surface area contributed by atoms with Crippen molar-refractivity contribution < 1.29 is 9.47 Å². The predicted octanol–water partition coefficient (Wildman–Crippen LogP) is 5.73. The second-order valence-electron chi connectivity index (χ2n) is 7.95. The first kappa shape index (κ1) is 21.0. The molecular weight excluding hydrogens is 416 g/mol. The summed E-state index contributed by atoms with van der Waals surface area (Å²) in [5.74, 6) is 4.24. The average molecular weight is 445 g/mol. The van der Waals surface area contributed by atoms with Gasteiger partial charge in [-0.2, -0.15) is 11.8 Å². The zero-order valence-electron chi connectivity index (χ0n) is 18.4. The molecule has 0 aliphatic carbocycles. The van der Waals surface area contributed by atoms with E-state index in [1.165, 1.54) is 30.2 Å². The van der Waals surface area contributed by atoms with E-state index in [0.717, 1.165) is 46.9 Å². The number of rotatable bonds is 7. The lowest BCUT2D eigenvalue weighted by Crippen LogP contribution is -2.35. The summed E-state index contributed by atoms with van der Waals surface area (Å²) in [6, 6.07) is 27.4. The van der Waals surface area contributed by atoms with Crippen LogP contribution in [0, 0.1) is 0 Å². The van der Waals surface area contributed by atoms with Crippen LogP contribution in [0.15, 0.2) is 78.9 Å². The van der Waals surface area contributed by atoms with Crippen LogP contribution in [0.25, 0.3) is 27.8 Å². The van der Waals surface area contributed by atoms with Crippen molar-refractivity contribution in [2.75, 3.05) is 44.9 Å². The summed E-state index contributed by atoms with van der Waals surface area (Å²) in [5, 5.41) is 1.16. The first-order valence-electron chi connectivity index (χ1n) is 11.1.